The summed E-state index contributed by atoms with van der Waals surface area (Å²) in [7, 11) is 0. The van der Waals surface area contributed by atoms with E-state index in [1.54, 1.807) is 0 Å². The van der Waals surface area contributed by atoms with E-state index < -0.39 is 6.10 Å². The smallest absolute Gasteiger partial charge is 0.125 e. The van der Waals surface area contributed by atoms with E-state index in [4.69, 9.17) is 10.5 Å². The van der Waals surface area contributed by atoms with Crippen molar-refractivity contribution in [2.24, 2.45) is 11.7 Å². The summed E-state index contributed by atoms with van der Waals surface area (Å²) in [6.45, 7) is 0.962. The zero-order valence-electron chi connectivity index (χ0n) is 7.31. The zero-order valence-corrected chi connectivity index (χ0v) is 7.31. The Morgan fingerprint density at radius 1 is 1.46 bits per heavy atom. The molecule has 3 N–H and O–H groups in total. The average molecular weight is 179 g/mol. The van der Waals surface area contributed by atoms with Gasteiger partial charge in [-0.2, -0.15) is 0 Å². The van der Waals surface area contributed by atoms with E-state index >= 15 is 0 Å². The first kappa shape index (κ1) is 8.53. The summed E-state index contributed by atoms with van der Waals surface area (Å²) in [5.41, 5.74) is 6.36. The number of fused-ring (bicyclic) bond motifs is 1. The van der Waals surface area contributed by atoms with Crippen LogP contribution in [0, 0.1) is 5.92 Å². The number of nitrogens with two attached hydrogens (primary N) is 1. The molecule has 0 amide bonds. The molecule has 1 aromatic carbocycles. The number of aliphatic hydroxyl groups is 1. The summed E-state index contributed by atoms with van der Waals surface area (Å²) in [5.74, 6) is 0.801. The molecule has 0 bridgehead atoms. The standard InChI is InChI=1S/C10H13NO2/c11-5-7-6-13-9-4-2-1-3-8(9)10(7)12/h1-4,7,10,12H,5-6,11H2. The third-order valence-electron chi connectivity index (χ3n) is 2.44. The third-order valence-corrected chi connectivity index (χ3v) is 2.44. The van der Waals surface area contributed by atoms with Crippen LogP contribution < -0.4 is 10.5 Å². The molecular formula is C10H13NO2. The predicted molar refractivity (Wildman–Crippen MR) is 49.4 cm³/mol. The summed E-state index contributed by atoms with van der Waals surface area (Å²) in [6.07, 6.45) is -0.477. The van der Waals surface area contributed by atoms with Crippen LogP contribution in [0.3, 0.4) is 0 Å². The summed E-state index contributed by atoms with van der Waals surface area (Å²) < 4.78 is 5.46. The summed E-state index contributed by atoms with van der Waals surface area (Å²) >= 11 is 0. The van der Waals surface area contributed by atoms with Gasteiger partial charge in [-0.3, -0.25) is 0 Å². The molecule has 0 saturated heterocycles. The molecule has 1 aliphatic rings. The molecule has 1 heterocycles. The van der Waals surface area contributed by atoms with Crippen LogP contribution in [0.25, 0.3) is 0 Å². The highest BCUT2D eigenvalue weighted by Gasteiger charge is 2.27. The van der Waals surface area contributed by atoms with Gasteiger partial charge in [0.25, 0.3) is 0 Å². The Hall–Kier alpha value is -1.06. The Bertz CT molecular complexity index is 301. The first-order valence-corrected chi connectivity index (χ1v) is 4.43. The van der Waals surface area contributed by atoms with Crippen molar-refractivity contribution < 1.29 is 9.84 Å². The molecule has 2 unspecified atom stereocenters. The summed E-state index contributed by atoms with van der Waals surface area (Å²) in [5, 5.41) is 9.86. The number of benzene rings is 1. The van der Waals surface area contributed by atoms with Crippen molar-refractivity contribution in [3.05, 3.63) is 29.8 Å². The Morgan fingerprint density at radius 3 is 3.00 bits per heavy atom. The maximum Gasteiger partial charge on any atom is 0.125 e. The topological polar surface area (TPSA) is 55.5 Å². The zero-order chi connectivity index (χ0) is 9.26. The largest absolute Gasteiger partial charge is 0.493 e. The number of para-hydroxylation sites is 1. The molecule has 1 aliphatic heterocycles. The lowest BCUT2D eigenvalue weighted by Crippen LogP contribution is -2.31. The van der Waals surface area contributed by atoms with Crippen molar-refractivity contribution in [2.75, 3.05) is 13.2 Å². The van der Waals surface area contributed by atoms with E-state index in [0.717, 1.165) is 11.3 Å². The second-order valence-corrected chi connectivity index (χ2v) is 3.29. The van der Waals surface area contributed by atoms with Crippen molar-refractivity contribution >= 4 is 0 Å². The Labute approximate surface area is 77.1 Å². The number of ether oxygens (including phenoxy) is 1. The normalized spacial score (nSPS) is 26.3. The number of hydrogen-bond donors (Lipinski definition) is 2. The minimum atomic E-state index is -0.477. The van der Waals surface area contributed by atoms with Crippen LogP contribution in [0.1, 0.15) is 11.7 Å². The lowest BCUT2D eigenvalue weighted by atomic mass is 9.93. The van der Waals surface area contributed by atoms with E-state index in [-0.39, 0.29) is 5.92 Å². The van der Waals surface area contributed by atoms with Crippen LogP contribution in [0.15, 0.2) is 24.3 Å². The molecule has 2 atom stereocenters. The summed E-state index contributed by atoms with van der Waals surface area (Å²) in [4.78, 5) is 0. The van der Waals surface area contributed by atoms with Crippen molar-refractivity contribution in [1.82, 2.24) is 0 Å². The van der Waals surface area contributed by atoms with E-state index in [9.17, 15) is 5.11 Å². The highest BCUT2D eigenvalue weighted by atomic mass is 16.5. The molecule has 2 rings (SSSR count). The molecule has 13 heavy (non-hydrogen) atoms. The van der Waals surface area contributed by atoms with Crippen molar-refractivity contribution in [3.63, 3.8) is 0 Å². The van der Waals surface area contributed by atoms with Crippen molar-refractivity contribution in [3.8, 4) is 5.75 Å². The van der Waals surface area contributed by atoms with Crippen LogP contribution in [0.4, 0.5) is 0 Å². The van der Waals surface area contributed by atoms with E-state index in [1.807, 2.05) is 24.3 Å². The quantitative estimate of drug-likeness (QED) is 0.666. The van der Waals surface area contributed by atoms with Gasteiger partial charge in [-0.1, -0.05) is 18.2 Å². The summed E-state index contributed by atoms with van der Waals surface area (Å²) in [6, 6.07) is 7.53. The predicted octanol–water partition coefficient (Wildman–Crippen LogP) is 0.687. The minimum absolute atomic E-state index is 0.0231. The molecule has 3 nitrogen and oxygen atoms in total. The first-order valence-electron chi connectivity index (χ1n) is 4.43. The van der Waals surface area contributed by atoms with Crippen LogP contribution in [0.5, 0.6) is 5.75 Å². The Morgan fingerprint density at radius 2 is 2.23 bits per heavy atom. The van der Waals surface area contributed by atoms with Gasteiger partial charge >= 0.3 is 0 Å². The van der Waals surface area contributed by atoms with E-state index in [2.05, 4.69) is 0 Å². The first-order chi connectivity index (χ1) is 6.33. The van der Waals surface area contributed by atoms with Crippen LogP contribution in [0.2, 0.25) is 0 Å². The number of aliphatic hydroxyl groups excluding tert-OH is 1. The molecular weight excluding hydrogens is 166 g/mol. The fourth-order valence-corrected chi connectivity index (χ4v) is 1.60. The Balaban J connectivity index is 2.33. The lowest BCUT2D eigenvalue weighted by molar-refractivity contribution is 0.0552. The third kappa shape index (κ3) is 1.41. The van der Waals surface area contributed by atoms with Gasteiger partial charge in [0.2, 0.25) is 0 Å². The fraction of sp³-hybridized carbons (Fsp3) is 0.400. The molecule has 70 valence electrons. The minimum Gasteiger partial charge on any atom is -0.493 e. The van der Waals surface area contributed by atoms with Crippen molar-refractivity contribution in [1.29, 1.82) is 0 Å². The monoisotopic (exact) mass is 179 g/mol. The van der Waals surface area contributed by atoms with Gasteiger partial charge in [-0.25, -0.2) is 0 Å². The van der Waals surface area contributed by atoms with E-state index in [0.29, 0.717) is 13.2 Å². The molecule has 3 heteroatoms. The number of hydrogen-bond acceptors (Lipinski definition) is 3. The SMILES string of the molecule is NCC1COc2ccccc2C1O. The maximum absolute atomic E-state index is 9.86. The highest BCUT2D eigenvalue weighted by Crippen LogP contribution is 2.34. The maximum atomic E-state index is 9.86. The number of rotatable bonds is 1. The molecule has 0 saturated carbocycles. The van der Waals surface area contributed by atoms with Gasteiger partial charge in [-0.15, -0.1) is 0 Å². The van der Waals surface area contributed by atoms with E-state index in [1.165, 1.54) is 0 Å². The molecule has 0 aromatic heterocycles. The van der Waals surface area contributed by atoms with Crippen LogP contribution in [-0.4, -0.2) is 18.3 Å². The molecule has 0 fully saturated rings. The van der Waals surface area contributed by atoms with Gasteiger partial charge < -0.3 is 15.6 Å². The highest BCUT2D eigenvalue weighted by molar-refractivity contribution is 5.36. The average Bonchev–Trinajstić information content (AvgIpc) is 2.19. The van der Waals surface area contributed by atoms with Gasteiger partial charge in [0, 0.05) is 18.0 Å². The second kappa shape index (κ2) is 3.36. The molecule has 0 spiro atoms. The van der Waals surface area contributed by atoms with Gasteiger partial charge in [-0.05, 0) is 6.07 Å². The van der Waals surface area contributed by atoms with Crippen LogP contribution >= 0.6 is 0 Å². The van der Waals surface area contributed by atoms with Crippen LogP contribution in [-0.2, 0) is 0 Å². The van der Waals surface area contributed by atoms with Crippen molar-refractivity contribution in [2.45, 2.75) is 6.10 Å². The lowest BCUT2D eigenvalue weighted by Gasteiger charge is -2.29. The fourth-order valence-electron chi connectivity index (χ4n) is 1.60. The van der Waals surface area contributed by atoms with Gasteiger partial charge in [0.1, 0.15) is 5.75 Å². The van der Waals surface area contributed by atoms with Gasteiger partial charge in [0.15, 0.2) is 0 Å². The Kier molecular flexibility index (Phi) is 2.20. The molecule has 1 aromatic rings. The van der Waals surface area contributed by atoms with Gasteiger partial charge in [0.05, 0.1) is 12.7 Å². The molecule has 0 aliphatic carbocycles. The molecule has 0 radical (unpaired) electrons. The second-order valence-electron chi connectivity index (χ2n) is 3.29.